The molecule has 0 saturated carbocycles. The lowest BCUT2D eigenvalue weighted by Crippen LogP contribution is -2.28. The SMILES string of the molecule is Cn1c(=O)c(C(=O)Nc2ccccc2)cc2cccnc21. The molecule has 0 aliphatic rings. The van der Waals surface area contributed by atoms with E-state index in [9.17, 15) is 9.59 Å². The lowest BCUT2D eigenvalue weighted by atomic mass is 10.2. The van der Waals surface area contributed by atoms with Crippen LogP contribution in [0.4, 0.5) is 5.69 Å². The number of hydrogen-bond acceptors (Lipinski definition) is 3. The second kappa shape index (κ2) is 5.20. The van der Waals surface area contributed by atoms with Gasteiger partial charge in [-0.1, -0.05) is 18.2 Å². The van der Waals surface area contributed by atoms with Gasteiger partial charge in [0.15, 0.2) is 0 Å². The first-order valence-electron chi connectivity index (χ1n) is 6.48. The molecule has 0 fully saturated rings. The van der Waals surface area contributed by atoms with Gasteiger partial charge in [0.05, 0.1) is 0 Å². The van der Waals surface area contributed by atoms with Crippen molar-refractivity contribution in [1.82, 2.24) is 9.55 Å². The molecule has 3 aromatic rings. The van der Waals surface area contributed by atoms with Gasteiger partial charge in [-0.05, 0) is 30.3 Å². The van der Waals surface area contributed by atoms with Crippen LogP contribution >= 0.6 is 0 Å². The number of rotatable bonds is 2. The van der Waals surface area contributed by atoms with Crippen molar-refractivity contribution in [1.29, 1.82) is 0 Å². The maximum atomic E-state index is 12.3. The molecule has 0 atom stereocenters. The molecule has 0 radical (unpaired) electrons. The van der Waals surface area contributed by atoms with E-state index in [2.05, 4.69) is 10.3 Å². The Labute approximate surface area is 120 Å². The zero-order valence-electron chi connectivity index (χ0n) is 11.4. The predicted molar refractivity (Wildman–Crippen MR) is 81.4 cm³/mol. The summed E-state index contributed by atoms with van der Waals surface area (Å²) in [7, 11) is 1.61. The van der Waals surface area contributed by atoms with Crippen LogP contribution in [0.5, 0.6) is 0 Å². The Morgan fingerprint density at radius 2 is 1.90 bits per heavy atom. The van der Waals surface area contributed by atoms with E-state index in [1.165, 1.54) is 4.57 Å². The number of amides is 1. The first-order valence-corrected chi connectivity index (χ1v) is 6.48. The Hall–Kier alpha value is -2.95. The third-order valence-corrected chi connectivity index (χ3v) is 3.25. The third-order valence-electron chi connectivity index (χ3n) is 3.25. The minimum atomic E-state index is -0.424. The second-order valence-corrected chi connectivity index (χ2v) is 4.66. The number of aryl methyl sites for hydroxylation is 1. The van der Waals surface area contributed by atoms with Gasteiger partial charge >= 0.3 is 0 Å². The highest BCUT2D eigenvalue weighted by molar-refractivity contribution is 6.05. The van der Waals surface area contributed by atoms with Crippen LogP contribution in [0.15, 0.2) is 59.5 Å². The fraction of sp³-hybridized carbons (Fsp3) is 0.0625. The molecule has 2 aromatic heterocycles. The van der Waals surface area contributed by atoms with Gasteiger partial charge in [0.25, 0.3) is 11.5 Å². The quantitative estimate of drug-likeness (QED) is 0.782. The summed E-state index contributed by atoms with van der Waals surface area (Å²) in [6.07, 6.45) is 1.62. The first-order chi connectivity index (χ1) is 10.2. The summed E-state index contributed by atoms with van der Waals surface area (Å²) in [5, 5.41) is 3.47. The monoisotopic (exact) mass is 279 g/mol. The average Bonchev–Trinajstić information content (AvgIpc) is 2.52. The number of anilines is 1. The van der Waals surface area contributed by atoms with Crippen LogP contribution in [-0.4, -0.2) is 15.5 Å². The Kier molecular flexibility index (Phi) is 3.23. The molecular formula is C16H13N3O2. The Bertz CT molecular complexity index is 870. The average molecular weight is 279 g/mol. The molecular weight excluding hydrogens is 266 g/mol. The van der Waals surface area contributed by atoms with Gasteiger partial charge in [-0.25, -0.2) is 4.98 Å². The fourth-order valence-corrected chi connectivity index (χ4v) is 2.18. The van der Waals surface area contributed by atoms with Crippen LogP contribution in [0.3, 0.4) is 0 Å². The molecule has 21 heavy (non-hydrogen) atoms. The van der Waals surface area contributed by atoms with Gasteiger partial charge in [0, 0.05) is 24.3 Å². The Balaban J connectivity index is 2.06. The van der Waals surface area contributed by atoms with E-state index in [1.54, 1.807) is 37.5 Å². The van der Waals surface area contributed by atoms with Crippen molar-refractivity contribution in [3.8, 4) is 0 Å². The molecule has 5 nitrogen and oxygen atoms in total. The highest BCUT2D eigenvalue weighted by Gasteiger charge is 2.14. The molecule has 1 N–H and O–H groups in total. The minimum absolute atomic E-state index is 0.0989. The summed E-state index contributed by atoms with van der Waals surface area (Å²) in [6, 6.07) is 14.2. The van der Waals surface area contributed by atoms with Crippen LogP contribution in [-0.2, 0) is 7.05 Å². The van der Waals surface area contributed by atoms with E-state index in [1.807, 2.05) is 24.3 Å². The molecule has 3 rings (SSSR count). The number of carbonyl (C=O) groups is 1. The molecule has 1 aromatic carbocycles. The number of benzene rings is 1. The number of pyridine rings is 2. The molecule has 5 heteroatoms. The molecule has 0 spiro atoms. The van der Waals surface area contributed by atoms with Gasteiger partial charge in [0.1, 0.15) is 11.2 Å². The predicted octanol–water partition coefficient (Wildman–Crippen LogP) is 2.19. The minimum Gasteiger partial charge on any atom is -0.322 e. The van der Waals surface area contributed by atoms with Gasteiger partial charge < -0.3 is 5.32 Å². The summed E-state index contributed by atoms with van der Waals surface area (Å²) >= 11 is 0. The van der Waals surface area contributed by atoms with E-state index in [-0.39, 0.29) is 11.1 Å². The van der Waals surface area contributed by atoms with Crippen LogP contribution in [0.25, 0.3) is 11.0 Å². The molecule has 0 aliphatic heterocycles. The second-order valence-electron chi connectivity index (χ2n) is 4.66. The highest BCUT2D eigenvalue weighted by Crippen LogP contribution is 2.12. The first kappa shape index (κ1) is 13.1. The lowest BCUT2D eigenvalue weighted by Gasteiger charge is -2.08. The van der Waals surface area contributed by atoms with Crippen molar-refractivity contribution < 1.29 is 4.79 Å². The van der Waals surface area contributed by atoms with Crippen molar-refractivity contribution >= 4 is 22.6 Å². The molecule has 0 saturated heterocycles. The number of nitrogens with one attached hydrogen (secondary N) is 1. The zero-order valence-corrected chi connectivity index (χ0v) is 11.4. The fourth-order valence-electron chi connectivity index (χ4n) is 2.18. The van der Waals surface area contributed by atoms with Gasteiger partial charge in [-0.3, -0.25) is 14.2 Å². The van der Waals surface area contributed by atoms with Crippen LogP contribution in [0, 0.1) is 0 Å². The van der Waals surface area contributed by atoms with Crippen molar-refractivity contribution in [3.05, 3.63) is 70.6 Å². The highest BCUT2D eigenvalue weighted by atomic mass is 16.2. The number of fused-ring (bicyclic) bond motifs is 1. The summed E-state index contributed by atoms with van der Waals surface area (Å²) in [5.74, 6) is -0.424. The maximum Gasteiger partial charge on any atom is 0.264 e. The van der Waals surface area contributed by atoms with Crippen LogP contribution in [0.1, 0.15) is 10.4 Å². The summed E-state index contributed by atoms with van der Waals surface area (Å²) in [5.41, 5.74) is 0.936. The number of hydrogen-bond donors (Lipinski definition) is 1. The van der Waals surface area contributed by atoms with Gasteiger partial charge in [-0.2, -0.15) is 0 Å². The molecule has 1 amide bonds. The lowest BCUT2D eigenvalue weighted by molar-refractivity contribution is 0.102. The normalized spacial score (nSPS) is 10.5. The van der Waals surface area contributed by atoms with E-state index < -0.39 is 5.91 Å². The van der Waals surface area contributed by atoms with Gasteiger partial charge in [0.2, 0.25) is 0 Å². The molecule has 0 unspecified atom stereocenters. The van der Waals surface area contributed by atoms with Crippen molar-refractivity contribution in [2.24, 2.45) is 7.05 Å². The Morgan fingerprint density at radius 1 is 1.14 bits per heavy atom. The maximum absolute atomic E-state index is 12.3. The van der Waals surface area contributed by atoms with E-state index >= 15 is 0 Å². The number of nitrogens with zero attached hydrogens (tertiary/aromatic N) is 2. The van der Waals surface area contributed by atoms with E-state index in [0.29, 0.717) is 11.3 Å². The Morgan fingerprint density at radius 3 is 2.67 bits per heavy atom. The van der Waals surface area contributed by atoms with E-state index in [0.717, 1.165) is 5.39 Å². The molecule has 0 aliphatic carbocycles. The topological polar surface area (TPSA) is 64.0 Å². The third kappa shape index (κ3) is 2.41. The molecule has 2 heterocycles. The molecule has 104 valence electrons. The van der Waals surface area contributed by atoms with Crippen LogP contribution < -0.4 is 10.9 Å². The number of para-hydroxylation sites is 1. The smallest absolute Gasteiger partial charge is 0.264 e. The summed E-state index contributed by atoms with van der Waals surface area (Å²) < 4.78 is 1.38. The zero-order chi connectivity index (χ0) is 14.8. The standard InChI is InChI=1S/C16H13N3O2/c1-19-14-11(6-5-9-17-14)10-13(16(19)21)15(20)18-12-7-3-2-4-8-12/h2-10H,1H3,(H,18,20). The van der Waals surface area contributed by atoms with E-state index in [4.69, 9.17) is 0 Å². The van der Waals surface area contributed by atoms with Crippen LogP contribution in [0.2, 0.25) is 0 Å². The summed E-state index contributed by atoms with van der Waals surface area (Å²) in [4.78, 5) is 28.7. The number of aromatic nitrogens is 2. The summed E-state index contributed by atoms with van der Waals surface area (Å²) in [6.45, 7) is 0. The van der Waals surface area contributed by atoms with Gasteiger partial charge in [-0.15, -0.1) is 0 Å². The van der Waals surface area contributed by atoms with Crippen molar-refractivity contribution in [2.45, 2.75) is 0 Å². The van der Waals surface area contributed by atoms with Crippen molar-refractivity contribution in [2.75, 3.05) is 5.32 Å². The van der Waals surface area contributed by atoms with Crippen molar-refractivity contribution in [3.63, 3.8) is 0 Å². The largest absolute Gasteiger partial charge is 0.322 e. The number of carbonyl (C=O) groups excluding carboxylic acids is 1. The molecule has 0 bridgehead atoms.